The average Bonchev–Trinajstić information content (AvgIpc) is 2.43. The molecule has 1 heterocycles. The number of aryl methyl sites for hydroxylation is 2. The van der Waals surface area contributed by atoms with Gasteiger partial charge in [-0.1, -0.05) is 19.4 Å². The van der Waals surface area contributed by atoms with E-state index < -0.39 is 0 Å². The Kier molecular flexibility index (Phi) is 4.69. The molecule has 3 nitrogen and oxygen atoms in total. The maximum absolute atomic E-state index is 13.3. The van der Waals surface area contributed by atoms with Crippen LogP contribution in [0.25, 0.3) is 0 Å². The summed E-state index contributed by atoms with van der Waals surface area (Å²) < 4.78 is 18.9. The van der Waals surface area contributed by atoms with Crippen LogP contribution in [0.3, 0.4) is 0 Å². The quantitative estimate of drug-likeness (QED) is 0.903. The zero-order chi connectivity index (χ0) is 14.5. The Morgan fingerprint density at radius 1 is 1.25 bits per heavy atom. The molecule has 0 atom stereocenters. The molecule has 0 unspecified atom stereocenters. The predicted octanol–water partition coefficient (Wildman–Crippen LogP) is 3.77. The molecule has 0 aliphatic rings. The molecule has 0 radical (unpaired) electrons. The van der Waals surface area contributed by atoms with E-state index in [4.69, 9.17) is 4.74 Å². The molecule has 1 aromatic heterocycles. The number of pyridine rings is 1. The molecule has 1 aromatic carbocycles. The molecule has 2 rings (SSSR count). The van der Waals surface area contributed by atoms with Gasteiger partial charge in [0.1, 0.15) is 11.6 Å². The van der Waals surface area contributed by atoms with Crippen molar-refractivity contribution in [1.82, 2.24) is 4.98 Å². The standard InChI is InChI=1S/C16H18FNO2/c1-3-4-14-7-12(10-19)8-16(18-14)20-15-9-13(17)6-5-11(15)2/h5-9,19H,3-4,10H2,1-2H3. The van der Waals surface area contributed by atoms with E-state index in [-0.39, 0.29) is 12.4 Å². The Labute approximate surface area is 118 Å². The SMILES string of the molecule is CCCc1cc(CO)cc(Oc2cc(F)ccc2C)n1. The Bertz CT molecular complexity index is 599. The first-order valence-corrected chi connectivity index (χ1v) is 6.67. The predicted molar refractivity (Wildman–Crippen MR) is 75.4 cm³/mol. The van der Waals surface area contributed by atoms with Crippen LogP contribution in [0.15, 0.2) is 30.3 Å². The second-order valence-electron chi connectivity index (χ2n) is 4.72. The lowest BCUT2D eigenvalue weighted by molar-refractivity contribution is 0.280. The van der Waals surface area contributed by atoms with Gasteiger partial charge in [0.2, 0.25) is 5.88 Å². The minimum Gasteiger partial charge on any atom is -0.439 e. The normalized spacial score (nSPS) is 10.6. The number of hydrogen-bond acceptors (Lipinski definition) is 3. The molecule has 4 heteroatoms. The number of halogens is 1. The van der Waals surface area contributed by atoms with Crippen LogP contribution in [0, 0.1) is 12.7 Å². The van der Waals surface area contributed by atoms with Crippen LogP contribution in [0.4, 0.5) is 4.39 Å². The largest absolute Gasteiger partial charge is 0.439 e. The molecular formula is C16H18FNO2. The van der Waals surface area contributed by atoms with Crippen LogP contribution in [-0.4, -0.2) is 10.1 Å². The molecule has 0 aliphatic carbocycles. The van der Waals surface area contributed by atoms with Crippen molar-refractivity contribution in [3.8, 4) is 11.6 Å². The topological polar surface area (TPSA) is 42.4 Å². The highest BCUT2D eigenvalue weighted by molar-refractivity contribution is 5.36. The number of aliphatic hydroxyl groups excluding tert-OH is 1. The Balaban J connectivity index is 2.32. The number of hydrogen-bond donors (Lipinski definition) is 1. The minimum absolute atomic E-state index is 0.0717. The Morgan fingerprint density at radius 2 is 2.05 bits per heavy atom. The number of ether oxygens (including phenoxy) is 1. The van der Waals surface area contributed by atoms with Crippen molar-refractivity contribution >= 4 is 0 Å². The molecule has 2 aromatic rings. The minimum atomic E-state index is -0.349. The van der Waals surface area contributed by atoms with E-state index in [0.29, 0.717) is 11.6 Å². The van der Waals surface area contributed by atoms with E-state index in [1.54, 1.807) is 12.1 Å². The molecule has 0 fully saturated rings. The van der Waals surface area contributed by atoms with E-state index in [9.17, 15) is 9.50 Å². The summed E-state index contributed by atoms with van der Waals surface area (Å²) in [5, 5.41) is 9.28. The van der Waals surface area contributed by atoms with Crippen molar-refractivity contribution in [2.45, 2.75) is 33.3 Å². The van der Waals surface area contributed by atoms with Gasteiger partial charge in [0, 0.05) is 17.8 Å². The molecule has 20 heavy (non-hydrogen) atoms. The first-order valence-electron chi connectivity index (χ1n) is 6.67. The first kappa shape index (κ1) is 14.5. The van der Waals surface area contributed by atoms with Gasteiger partial charge in [-0.05, 0) is 36.6 Å². The van der Waals surface area contributed by atoms with E-state index in [0.717, 1.165) is 29.7 Å². The van der Waals surface area contributed by atoms with Gasteiger partial charge in [0.15, 0.2) is 0 Å². The van der Waals surface area contributed by atoms with E-state index in [1.165, 1.54) is 12.1 Å². The Hall–Kier alpha value is -1.94. The fraction of sp³-hybridized carbons (Fsp3) is 0.312. The van der Waals surface area contributed by atoms with Crippen molar-refractivity contribution in [1.29, 1.82) is 0 Å². The van der Waals surface area contributed by atoms with Crippen molar-refractivity contribution in [2.24, 2.45) is 0 Å². The lowest BCUT2D eigenvalue weighted by Crippen LogP contribution is -1.98. The van der Waals surface area contributed by atoms with Crippen LogP contribution in [0.2, 0.25) is 0 Å². The van der Waals surface area contributed by atoms with Crippen molar-refractivity contribution in [2.75, 3.05) is 0 Å². The summed E-state index contributed by atoms with van der Waals surface area (Å²) in [6, 6.07) is 7.91. The highest BCUT2D eigenvalue weighted by Crippen LogP contribution is 2.25. The van der Waals surface area contributed by atoms with E-state index >= 15 is 0 Å². The average molecular weight is 275 g/mol. The van der Waals surface area contributed by atoms with Crippen LogP contribution in [0.5, 0.6) is 11.6 Å². The molecule has 106 valence electrons. The van der Waals surface area contributed by atoms with Crippen molar-refractivity contribution in [3.63, 3.8) is 0 Å². The number of benzene rings is 1. The zero-order valence-corrected chi connectivity index (χ0v) is 11.7. The molecule has 1 N–H and O–H groups in total. The summed E-state index contributed by atoms with van der Waals surface area (Å²) in [7, 11) is 0. The fourth-order valence-electron chi connectivity index (χ4n) is 1.94. The Morgan fingerprint density at radius 3 is 2.75 bits per heavy atom. The number of aliphatic hydroxyl groups is 1. The molecule has 0 aliphatic heterocycles. The van der Waals surface area contributed by atoms with Gasteiger partial charge in [-0.15, -0.1) is 0 Å². The fourth-order valence-corrected chi connectivity index (χ4v) is 1.94. The van der Waals surface area contributed by atoms with Gasteiger partial charge in [0.25, 0.3) is 0 Å². The third-order valence-corrected chi connectivity index (χ3v) is 2.97. The molecular weight excluding hydrogens is 257 g/mol. The van der Waals surface area contributed by atoms with Crippen LogP contribution in [0.1, 0.15) is 30.2 Å². The monoisotopic (exact) mass is 275 g/mol. The maximum atomic E-state index is 13.3. The van der Waals surface area contributed by atoms with Crippen molar-refractivity contribution < 1.29 is 14.2 Å². The van der Waals surface area contributed by atoms with E-state index in [2.05, 4.69) is 11.9 Å². The first-order chi connectivity index (χ1) is 9.62. The highest BCUT2D eigenvalue weighted by Gasteiger charge is 2.07. The third kappa shape index (κ3) is 3.54. The lowest BCUT2D eigenvalue weighted by Gasteiger charge is -2.10. The summed E-state index contributed by atoms with van der Waals surface area (Å²) >= 11 is 0. The maximum Gasteiger partial charge on any atom is 0.219 e. The molecule has 0 saturated carbocycles. The van der Waals surface area contributed by atoms with Crippen LogP contribution in [-0.2, 0) is 13.0 Å². The zero-order valence-electron chi connectivity index (χ0n) is 11.7. The smallest absolute Gasteiger partial charge is 0.219 e. The van der Waals surface area contributed by atoms with Gasteiger partial charge in [-0.3, -0.25) is 0 Å². The second-order valence-corrected chi connectivity index (χ2v) is 4.72. The van der Waals surface area contributed by atoms with Gasteiger partial charge in [-0.2, -0.15) is 0 Å². The molecule has 0 amide bonds. The summed E-state index contributed by atoms with van der Waals surface area (Å²) in [6.07, 6.45) is 1.77. The van der Waals surface area contributed by atoms with E-state index in [1.807, 2.05) is 13.0 Å². The summed E-state index contributed by atoms with van der Waals surface area (Å²) in [4.78, 5) is 4.38. The van der Waals surface area contributed by atoms with Gasteiger partial charge >= 0.3 is 0 Å². The summed E-state index contributed by atoms with van der Waals surface area (Å²) in [5.74, 6) is 0.474. The second kappa shape index (κ2) is 6.48. The summed E-state index contributed by atoms with van der Waals surface area (Å²) in [5.41, 5.74) is 2.44. The lowest BCUT2D eigenvalue weighted by atomic mass is 10.1. The van der Waals surface area contributed by atoms with Gasteiger partial charge < -0.3 is 9.84 Å². The number of aromatic nitrogens is 1. The van der Waals surface area contributed by atoms with Crippen molar-refractivity contribution in [3.05, 3.63) is 53.0 Å². The molecule has 0 bridgehead atoms. The van der Waals surface area contributed by atoms with Gasteiger partial charge in [0.05, 0.1) is 6.61 Å². The van der Waals surface area contributed by atoms with Gasteiger partial charge in [-0.25, -0.2) is 9.37 Å². The molecule has 0 saturated heterocycles. The molecule has 0 spiro atoms. The number of nitrogens with zero attached hydrogens (tertiary/aromatic N) is 1. The summed E-state index contributed by atoms with van der Waals surface area (Å²) in [6.45, 7) is 3.83. The third-order valence-electron chi connectivity index (χ3n) is 2.97. The highest BCUT2D eigenvalue weighted by atomic mass is 19.1. The number of rotatable bonds is 5. The van der Waals surface area contributed by atoms with Crippen LogP contribution >= 0.6 is 0 Å². The van der Waals surface area contributed by atoms with Crippen LogP contribution < -0.4 is 4.74 Å².